The largest absolute Gasteiger partial charge is 0.546 e. The first-order valence-electron chi connectivity index (χ1n) is 7.19. The highest BCUT2D eigenvalue weighted by Crippen LogP contribution is 2.28. The number of carboxylic acid groups (broad SMARTS) is 2. The summed E-state index contributed by atoms with van der Waals surface area (Å²) in [6.45, 7) is -0.544. The summed E-state index contributed by atoms with van der Waals surface area (Å²) < 4.78 is 5.75. The third-order valence-corrected chi connectivity index (χ3v) is 3.99. The fourth-order valence-corrected chi connectivity index (χ4v) is 2.74. The van der Waals surface area contributed by atoms with E-state index < -0.39 is 18.5 Å². The van der Waals surface area contributed by atoms with Crippen molar-refractivity contribution in [1.29, 1.82) is 0 Å². The van der Waals surface area contributed by atoms with Gasteiger partial charge in [-0.15, -0.1) is 0 Å². The zero-order valence-corrected chi connectivity index (χ0v) is 14.3. The van der Waals surface area contributed by atoms with Gasteiger partial charge >= 0.3 is 0 Å². The van der Waals surface area contributed by atoms with Crippen LogP contribution in [0.2, 0.25) is 0 Å². The molecule has 126 valence electrons. The first-order valence-corrected chi connectivity index (χ1v) is 7.98. The highest BCUT2D eigenvalue weighted by atomic mass is 79.9. The van der Waals surface area contributed by atoms with Gasteiger partial charge in [-0.25, -0.2) is 4.98 Å². The smallest absolute Gasteiger partial charge is 0.128 e. The number of aromatic nitrogens is 1. The van der Waals surface area contributed by atoms with Crippen LogP contribution in [0.5, 0.6) is 5.75 Å². The molecule has 1 aromatic heterocycles. The molecule has 25 heavy (non-hydrogen) atoms. The molecule has 0 fully saturated rings. The van der Waals surface area contributed by atoms with E-state index in [1.807, 2.05) is 0 Å². The van der Waals surface area contributed by atoms with Crippen LogP contribution in [-0.4, -0.2) is 23.5 Å². The van der Waals surface area contributed by atoms with Crippen molar-refractivity contribution in [1.82, 2.24) is 4.98 Å². The molecule has 0 aliphatic heterocycles. The van der Waals surface area contributed by atoms with E-state index in [4.69, 9.17) is 4.74 Å². The van der Waals surface area contributed by atoms with Gasteiger partial charge < -0.3 is 24.5 Å². The van der Waals surface area contributed by atoms with Gasteiger partial charge in [0, 0.05) is 21.0 Å². The monoisotopic (exact) mass is 399 g/mol. The van der Waals surface area contributed by atoms with Crippen LogP contribution in [0.25, 0.3) is 22.2 Å². The number of rotatable bonds is 5. The molecule has 0 spiro atoms. The number of hydrogen-bond donors (Lipinski definition) is 0. The van der Waals surface area contributed by atoms with Crippen molar-refractivity contribution < 1.29 is 24.5 Å². The Hall–Kier alpha value is -2.93. The standard InChI is InChI=1S/C18H12BrNO5/c19-11-3-6-15-13(7-11)14(18(23)24)8-16(20-15)10-1-4-12(5-2-10)25-9-17(21)22/h1-8H,9H2,(H,21,22)(H,23,24)/p-2. The number of halogens is 1. The average Bonchev–Trinajstić information content (AvgIpc) is 2.59. The second kappa shape index (κ2) is 6.90. The quantitative estimate of drug-likeness (QED) is 0.637. The molecule has 1 heterocycles. The minimum absolute atomic E-state index is 0.0404. The van der Waals surface area contributed by atoms with Crippen LogP contribution in [-0.2, 0) is 4.79 Å². The molecule has 0 aliphatic carbocycles. The van der Waals surface area contributed by atoms with E-state index in [2.05, 4.69) is 20.9 Å². The van der Waals surface area contributed by atoms with Gasteiger partial charge in [-0.2, -0.15) is 0 Å². The second-order valence-corrected chi connectivity index (χ2v) is 6.10. The van der Waals surface area contributed by atoms with E-state index in [1.54, 1.807) is 42.5 Å². The number of ether oxygens (including phenoxy) is 1. The number of nitrogens with zero attached hydrogens (tertiary/aromatic N) is 1. The van der Waals surface area contributed by atoms with Gasteiger partial charge in [-0.1, -0.05) is 15.9 Å². The van der Waals surface area contributed by atoms with E-state index in [0.29, 0.717) is 27.9 Å². The Bertz CT molecular complexity index is 969. The number of carbonyl (C=O) groups is 2. The summed E-state index contributed by atoms with van der Waals surface area (Å²) in [4.78, 5) is 26.4. The third kappa shape index (κ3) is 3.77. The maximum absolute atomic E-state index is 11.5. The molecule has 0 amide bonds. The Labute approximate surface area is 150 Å². The molecule has 0 N–H and O–H groups in total. The molecular weight excluding hydrogens is 390 g/mol. The fourth-order valence-electron chi connectivity index (χ4n) is 2.38. The summed E-state index contributed by atoms with van der Waals surface area (Å²) >= 11 is 3.31. The molecule has 0 saturated carbocycles. The lowest BCUT2D eigenvalue weighted by Crippen LogP contribution is -2.28. The van der Waals surface area contributed by atoms with Crippen molar-refractivity contribution in [2.75, 3.05) is 6.61 Å². The predicted molar refractivity (Wildman–Crippen MR) is 89.7 cm³/mol. The topological polar surface area (TPSA) is 102 Å². The normalized spacial score (nSPS) is 10.6. The predicted octanol–water partition coefficient (Wildman–Crippen LogP) is 1.16. The molecule has 2 aromatic carbocycles. The van der Waals surface area contributed by atoms with Crippen molar-refractivity contribution >= 4 is 38.8 Å². The molecule has 6 nitrogen and oxygen atoms in total. The lowest BCUT2D eigenvalue weighted by molar-refractivity contribution is -0.307. The molecule has 3 rings (SSSR count). The number of pyridine rings is 1. The summed E-state index contributed by atoms with van der Waals surface area (Å²) in [5.74, 6) is -2.25. The molecule has 0 saturated heterocycles. The van der Waals surface area contributed by atoms with E-state index >= 15 is 0 Å². The van der Waals surface area contributed by atoms with Gasteiger partial charge in [0.1, 0.15) is 12.4 Å². The number of fused-ring (bicyclic) bond motifs is 1. The van der Waals surface area contributed by atoms with Crippen LogP contribution in [0.1, 0.15) is 10.4 Å². The molecular formula is C18H10BrNO5-2. The van der Waals surface area contributed by atoms with Crippen LogP contribution >= 0.6 is 15.9 Å². The zero-order valence-electron chi connectivity index (χ0n) is 12.7. The molecule has 0 aliphatic rings. The van der Waals surface area contributed by atoms with Crippen molar-refractivity contribution in [2.45, 2.75) is 0 Å². The summed E-state index contributed by atoms with van der Waals surface area (Å²) in [5.41, 5.74) is 1.68. The Balaban J connectivity index is 2.02. The van der Waals surface area contributed by atoms with Crippen LogP contribution in [0.15, 0.2) is 53.0 Å². The molecule has 0 atom stereocenters. The SMILES string of the molecule is O=C([O-])COc1ccc(-c2cc(C(=O)[O-])c3cc(Br)ccc3n2)cc1. The van der Waals surface area contributed by atoms with Gasteiger partial charge in [-0.3, -0.25) is 0 Å². The van der Waals surface area contributed by atoms with Gasteiger partial charge in [0.05, 0.1) is 23.1 Å². The first-order chi connectivity index (χ1) is 11.9. The van der Waals surface area contributed by atoms with Crippen LogP contribution < -0.4 is 14.9 Å². The van der Waals surface area contributed by atoms with Gasteiger partial charge in [-0.05, 0) is 48.5 Å². The molecule has 0 radical (unpaired) electrons. The highest BCUT2D eigenvalue weighted by molar-refractivity contribution is 9.10. The summed E-state index contributed by atoms with van der Waals surface area (Å²) in [5, 5.41) is 22.4. The maximum atomic E-state index is 11.5. The van der Waals surface area contributed by atoms with Crippen LogP contribution in [0.4, 0.5) is 0 Å². The first kappa shape index (κ1) is 16.9. The summed E-state index contributed by atoms with van der Waals surface area (Å²) in [6, 6.07) is 13.1. The van der Waals surface area contributed by atoms with Crippen molar-refractivity contribution in [3.63, 3.8) is 0 Å². The van der Waals surface area contributed by atoms with Gasteiger partial charge in [0.25, 0.3) is 0 Å². The lowest BCUT2D eigenvalue weighted by atomic mass is 10.0. The van der Waals surface area contributed by atoms with E-state index in [-0.39, 0.29) is 5.56 Å². The Morgan fingerprint density at radius 3 is 2.40 bits per heavy atom. The fraction of sp³-hybridized carbons (Fsp3) is 0.0556. The highest BCUT2D eigenvalue weighted by Gasteiger charge is 2.09. The lowest BCUT2D eigenvalue weighted by Gasteiger charge is -2.12. The van der Waals surface area contributed by atoms with Crippen LogP contribution in [0.3, 0.4) is 0 Å². The van der Waals surface area contributed by atoms with Crippen molar-refractivity contribution in [2.24, 2.45) is 0 Å². The Kier molecular flexibility index (Phi) is 4.67. The number of aromatic carboxylic acids is 1. The summed E-state index contributed by atoms with van der Waals surface area (Å²) in [7, 11) is 0. The number of aliphatic carboxylic acids is 1. The van der Waals surface area contributed by atoms with Crippen molar-refractivity contribution in [3.05, 3.63) is 58.6 Å². The van der Waals surface area contributed by atoms with Crippen LogP contribution in [0, 0.1) is 0 Å². The van der Waals surface area contributed by atoms with E-state index in [1.165, 1.54) is 6.07 Å². The minimum Gasteiger partial charge on any atom is -0.546 e. The third-order valence-electron chi connectivity index (χ3n) is 3.50. The minimum atomic E-state index is -1.31. The average molecular weight is 400 g/mol. The summed E-state index contributed by atoms with van der Waals surface area (Å²) in [6.07, 6.45) is 0. The van der Waals surface area contributed by atoms with Crippen molar-refractivity contribution in [3.8, 4) is 17.0 Å². The molecule has 7 heteroatoms. The number of carboxylic acids is 2. The second-order valence-electron chi connectivity index (χ2n) is 5.19. The van der Waals surface area contributed by atoms with E-state index in [9.17, 15) is 19.8 Å². The maximum Gasteiger partial charge on any atom is 0.128 e. The Morgan fingerprint density at radius 1 is 1.04 bits per heavy atom. The molecule has 0 unspecified atom stereocenters. The number of carbonyl (C=O) groups excluding carboxylic acids is 2. The van der Waals surface area contributed by atoms with E-state index in [0.717, 1.165) is 4.47 Å². The van der Waals surface area contributed by atoms with Gasteiger partial charge in [0.15, 0.2) is 0 Å². The van der Waals surface area contributed by atoms with Gasteiger partial charge in [0.2, 0.25) is 0 Å². The molecule has 3 aromatic rings. The molecule has 0 bridgehead atoms. The Morgan fingerprint density at radius 2 is 1.76 bits per heavy atom. The number of benzene rings is 2. The number of hydrogen-bond acceptors (Lipinski definition) is 6. The zero-order chi connectivity index (χ0) is 18.0.